The molecule has 0 aromatic carbocycles. The third kappa shape index (κ3) is 3.68. The zero-order valence-corrected chi connectivity index (χ0v) is 13.6. The number of pyridine rings is 1. The van der Waals surface area contributed by atoms with Gasteiger partial charge in [-0.2, -0.15) is 11.8 Å². The minimum atomic E-state index is -3.26. The third-order valence-corrected chi connectivity index (χ3v) is 5.99. The Morgan fingerprint density at radius 1 is 1.52 bits per heavy atom. The van der Waals surface area contributed by atoms with Crippen LogP contribution in [0.25, 0.3) is 0 Å². The van der Waals surface area contributed by atoms with Gasteiger partial charge in [-0.1, -0.05) is 6.92 Å². The summed E-state index contributed by atoms with van der Waals surface area (Å²) in [5, 5.41) is 8.53. The zero-order chi connectivity index (χ0) is 15.6. The maximum atomic E-state index is 11.9. The van der Waals surface area contributed by atoms with E-state index >= 15 is 0 Å². The molecular weight excluding hydrogens is 312 g/mol. The molecule has 1 aliphatic rings. The van der Waals surface area contributed by atoms with Crippen LogP contribution in [0.2, 0.25) is 0 Å². The van der Waals surface area contributed by atoms with Gasteiger partial charge in [0, 0.05) is 30.0 Å². The Kier molecular flexibility index (Phi) is 4.77. The number of aryl methyl sites for hydroxylation is 1. The fraction of sp³-hybridized carbons (Fsp3) is 0.538. The number of nitrogens with zero attached hydrogens (tertiary/aromatic N) is 2. The van der Waals surface area contributed by atoms with Crippen LogP contribution in [-0.2, 0) is 16.3 Å². The SMILES string of the molecule is CCc1cc(C(=O)O)cc(N2CCSCC2S(C)(=O)=O)n1. The highest BCUT2D eigenvalue weighted by atomic mass is 32.2. The predicted octanol–water partition coefficient (Wildman–Crippen LogP) is 1.27. The van der Waals surface area contributed by atoms with Crippen LogP contribution < -0.4 is 4.90 Å². The van der Waals surface area contributed by atoms with Crippen molar-refractivity contribution < 1.29 is 18.3 Å². The minimum absolute atomic E-state index is 0.141. The quantitative estimate of drug-likeness (QED) is 0.889. The molecule has 0 aliphatic carbocycles. The number of carboxylic acid groups (broad SMARTS) is 1. The molecule has 0 amide bonds. The number of aromatic nitrogens is 1. The Morgan fingerprint density at radius 2 is 2.24 bits per heavy atom. The molecule has 21 heavy (non-hydrogen) atoms. The number of rotatable bonds is 4. The molecule has 0 spiro atoms. The highest BCUT2D eigenvalue weighted by Gasteiger charge is 2.32. The van der Waals surface area contributed by atoms with E-state index in [2.05, 4.69) is 4.98 Å². The van der Waals surface area contributed by atoms with E-state index in [1.54, 1.807) is 16.7 Å². The van der Waals surface area contributed by atoms with Crippen molar-refractivity contribution in [1.29, 1.82) is 0 Å². The normalized spacial score (nSPS) is 19.5. The minimum Gasteiger partial charge on any atom is -0.478 e. The summed E-state index contributed by atoms with van der Waals surface area (Å²) in [5.74, 6) is 0.671. The summed E-state index contributed by atoms with van der Waals surface area (Å²) in [5.41, 5.74) is 0.790. The molecular formula is C13H18N2O4S2. The smallest absolute Gasteiger partial charge is 0.335 e. The van der Waals surface area contributed by atoms with Gasteiger partial charge in [0.1, 0.15) is 11.2 Å². The first-order chi connectivity index (χ1) is 9.82. The number of carbonyl (C=O) groups is 1. The molecule has 8 heteroatoms. The lowest BCUT2D eigenvalue weighted by atomic mass is 10.2. The monoisotopic (exact) mass is 330 g/mol. The van der Waals surface area contributed by atoms with Crippen molar-refractivity contribution in [2.24, 2.45) is 0 Å². The lowest BCUT2D eigenvalue weighted by Gasteiger charge is -2.35. The van der Waals surface area contributed by atoms with E-state index in [4.69, 9.17) is 0 Å². The van der Waals surface area contributed by atoms with Crippen LogP contribution in [0.5, 0.6) is 0 Å². The van der Waals surface area contributed by atoms with Gasteiger partial charge in [-0.3, -0.25) is 0 Å². The number of sulfone groups is 1. The van der Waals surface area contributed by atoms with Crippen LogP contribution in [0.4, 0.5) is 5.82 Å². The van der Waals surface area contributed by atoms with Gasteiger partial charge in [-0.05, 0) is 18.6 Å². The molecule has 116 valence electrons. The Bertz CT molecular complexity index is 646. The second-order valence-electron chi connectivity index (χ2n) is 4.92. The molecule has 6 nitrogen and oxygen atoms in total. The van der Waals surface area contributed by atoms with E-state index in [1.165, 1.54) is 18.4 Å². The molecule has 1 saturated heterocycles. The second kappa shape index (κ2) is 6.23. The molecule has 1 N–H and O–H groups in total. The van der Waals surface area contributed by atoms with Crippen molar-refractivity contribution in [3.63, 3.8) is 0 Å². The third-order valence-electron chi connectivity index (χ3n) is 3.35. The second-order valence-corrected chi connectivity index (χ2v) is 8.27. The van der Waals surface area contributed by atoms with Crippen molar-refractivity contribution in [1.82, 2.24) is 4.98 Å². The lowest BCUT2D eigenvalue weighted by Crippen LogP contribution is -2.47. The first-order valence-corrected chi connectivity index (χ1v) is 9.71. The molecule has 1 atom stereocenters. The van der Waals surface area contributed by atoms with Gasteiger partial charge in [0.05, 0.1) is 5.56 Å². The first kappa shape index (κ1) is 16.1. The van der Waals surface area contributed by atoms with Crippen LogP contribution in [0.1, 0.15) is 23.0 Å². The average molecular weight is 330 g/mol. The van der Waals surface area contributed by atoms with E-state index in [9.17, 15) is 18.3 Å². The molecule has 0 bridgehead atoms. The molecule has 1 unspecified atom stereocenters. The van der Waals surface area contributed by atoms with Gasteiger partial charge in [0.2, 0.25) is 0 Å². The predicted molar refractivity (Wildman–Crippen MR) is 83.9 cm³/mol. The van der Waals surface area contributed by atoms with E-state index < -0.39 is 21.2 Å². The van der Waals surface area contributed by atoms with Gasteiger partial charge < -0.3 is 10.0 Å². The van der Waals surface area contributed by atoms with Crippen molar-refractivity contribution >= 4 is 33.4 Å². The molecule has 1 aromatic rings. The standard InChI is InChI=1S/C13H18N2O4S2/c1-3-10-6-9(13(16)17)7-11(14-10)15-4-5-20-8-12(15)21(2,18)19/h6-7,12H,3-5,8H2,1-2H3,(H,16,17). The van der Waals surface area contributed by atoms with Gasteiger partial charge in [0.25, 0.3) is 0 Å². The van der Waals surface area contributed by atoms with Crippen molar-refractivity contribution in [2.75, 3.05) is 29.2 Å². The Hall–Kier alpha value is -1.28. The highest BCUT2D eigenvalue weighted by Crippen LogP contribution is 2.26. The van der Waals surface area contributed by atoms with E-state index in [0.29, 0.717) is 30.2 Å². The van der Waals surface area contributed by atoms with Crippen LogP contribution in [-0.4, -0.2) is 54.2 Å². The molecule has 1 aromatic heterocycles. The fourth-order valence-corrected chi connectivity index (χ4v) is 5.05. The van der Waals surface area contributed by atoms with Crippen LogP contribution in [0.3, 0.4) is 0 Å². The molecule has 2 heterocycles. The highest BCUT2D eigenvalue weighted by molar-refractivity contribution is 8.01. The zero-order valence-electron chi connectivity index (χ0n) is 11.9. The summed E-state index contributed by atoms with van der Waals surface area (Å²) in [4.78, 5) is 17.3. The summed E-state index contributed by atoms with van der Waals surface area (Å²) in [6.45, 7) is 2.43. The van der Waals surface area contributed by atoms with Gasteiger partial charge in [-0.25, -0.2) is 18.2 Å². The van der Waals surface area contributed by atoms with Crippen LogP contribution in [0, 0.1) is 0 Å². The maximum Gasteiger partial charge on any atom is 0.335 e. The Balaban J connectivity index is 2.47. The van der Waals surface area contributed by atoms with Gasteiger partial charge >= 0.3 is 5.97 Å². The van der Waals surface area contributed by atoms with Crippen molar-refractivity contribution in [3.05, 3.63) is 23.4 Å². The molecule has 1 fully saturated rings. The van der Waals surface area contributed by atoms with Crippen molar-refractivity contribution in [3.8, 4) is 0 Å². The number of anilines is 1. The number of aromatic carboxylic acids is 1. The van der Waals surface area contributed by atoms with Crippen molar-refractivity contribution in [2.45, 2.75) is 18.7 Å². The largest absolute Gasteiger partial charge is 0.478 e. The van der Waals surface area contributed by atoms with E-state index in [0.717, 1.165) is 5.75 Å². The average Bonchev–Trinajstić information content (AvgIpc) is 2.45. The van der Waals surface area contributed by atoms with E-state index in [-0.39, 0.29) is 5.56 Å². The summed E-state index contributed by atoms with van der Waals surface area (Å²) in [6.07, 6.45) is 1.80. The molecule has 0 saturated carbocycles. The summed E-state index contributed by atoms with van der Waals surface area (Å²) >= 11 is 1.58. The number of hydrogen-bond donors (Lipinski definition) is 1. The summed E-state index contributed by atoms with van der Waals surface area (Å²) < 4.78 is 23.9. The maximum absolute atomic E-state index is 11.9. The van der Waals surface area contributed by atoms with Crippen LogP contribution in [0.15, 0.2) is 12.1 Å². The number of carboxylic acids is 1. The Labute approximate surface area is 128 Å². The lowest BCUT2D eigenvalue weighted by molar-refractivity contribution is 0.0696. The van der Waals surface area contributed by atoms with Crippen LogP contribution >= 0.6 is 11.8 Å². The topological polar surface area (TPSA) is 87.6 Å². The Morgan fingerprint density at radius 3 is 2.81 bits per heavy atom. The number of hydrogen-bond acceptors (Lipinski definition) is 6. The fourth-order valence-electron chi connectivity index (χ4n) is 2.22. The number of thioether (sulfide) groups is 1. The van der Waals surface area contributed by atoms with Gasteiger partial charge in [-0.15, -0.1) is 0 Å². The molecule has 2 rings (SSSR count). The summed E-state index contributed by atoms with van der Waals surface area (Å²) in [7, 11) is -3.26. The van der Waals surface area contributed by atoms with Gasteiger partial charge in [0.15, 0.2) is 9.84 Å². The molecule has 0 radical (unpaired) electrons. The first-order valence-electron chi connectivity index (χ1n) is 6.60. The molecule has 1 aliphatic heterocycles. The summed E-state index contributed by atoms with van der Waals surface area (Å²) in [6, 6.07) is 2.98. The van der Waals surface area contributed by atoms with E-state index in [1.807, 2.05) is 6.92 Å².